The molecule has 5 aromatic rings. The zero-order chi connectivity index (χ0) is 23.4. The van der Waals surface area contributed by atoms with Crippen molar-refractivity contribution in [3.63, 3.8) is 0 Å². The Balaban J connectivity index is 1.59. The maximum atomic E-state index is 9.92. The normalized spacial score (nSPS) is 12.9. The quantitative estimate of drug-likeness (QED) is 0.296. The molecular formula is C31H19BN2S. The van der Waals surface area contributed by atoms with Crippen molar-refractivity contribution in [2.24, 2.45) is 0 Å². The average molecular weight is 462 g/mol. The molecule has 0 bridgehead atoms. The molecule has 0 spiro atoms. The first-order chi connectivity index (χ1) is 17.3. The highest BCUT2D eigenvalue weighted by Crippen LogP contribution is 2.44. The molecule has 0 fully saturated rings. The summed E-state index contributed by atoms with van der Waals surface area (Å²) in [4.78, 5) is 4.69. The molecule has 7 rings (SSSR count). The van der Waals surface area contributed by atoms with Crippen molar-refractivity contribution in [2.75, 3.05) is 4.90 Å². The van der Waals surface area contributed by atoms with Crippen LogP contribution in [0, 0.1) is 11.3 Å². The van der Waals surface area contributed by atoms with Gasteiger partial charge in [0.15, 0.2) is 0 Å². The van der Waals surface area contributed by atoms with E-state index in [9.17, 15) is 5.26 Å². The maximum absolute atomic E-state index is 9.92. The van der Waals surface area contributed by atoms with Crippen LogP contribution in [0.25, 0.3) is 11.1 Å². The van der Waals surface area contributed by atoms with Crippen LogP contribution in [0.15, 0.2) is 125 Å². The van der Waals surface area contributed by atoms with Crippen molar-refractivity contribution in [3.8, 4) is 17.2 Å². The van der Waals surface area contributed by atoms with Gasteiger partial charge in [0.05, 0.1) is 5.56 Å². The Morgan fingerprint density at radius 1 is 0.657 bits per heavy atom. The Kier molecular flexibility index (Phi) is 4.58. The van der Waals surface area contributed by atoms with Crippen molar-refractivity contribution in [2.45, 2.75) is 9.79 Å². The molecule has 35 heavy (non-hydrogen) atoms. The number of para-hydroxylation sites is 2. The monoisotopic (exact) mass is 462 g/mol. The Labute approximate surface area is 209 Å². The van der Waals surface area contributed by atoms with Crippen LogP contribution in [-0.4, -0.2) is 6.71 Å². The molecule has 2 aliphatic rings. The SMILES string of the molecule is N#Cc1cccc2c1Sc1cc(-c3ccccc3)cc3c1B2c1ccccc1N3c1ccccc1. The van der Waals surface area contributed by atoms with Crippen LogP contribution >= 0.6 is 11.8 Å². The fourth-order valence-corrected chi connectivity index (χ4v) is 6.73. The Morgan fingerprint density at radius 3 is 2.17 bits per heavy atom. The molecule has 2 nitrogen and oxygen atoms in total. The number of nitriles is 1. The Bertz CT molecular complexity index is 1640. The summed E-state index contributed by atoms with van der Waals surface area (Å²) >= 11 is 1.73. The van der Waals surface area contributed by atoms with Gasteiger partial charge in [0, 0.05) is 26.9 Å². The summed E-state index contributed by atoms with van der Waals surface area (Å²) in [6, 6.07) is 43.1. The number of fused-ring (bicyclic) bond motifs is 4. The number of rotatable bonds is 2. The molecule has 4 heteroatoms. The van der Waals surface area contributed by atoms with Crippen molar-refractivity contribution >= 4 is 51.9 Å². The molecule has 2 heterocycles. The van der Waals surface area contributed by atoms with E-state index in [0.717, 1.165) is 16.1 Å². The van der Waals surface area contributed by atoms with Crippen molar-refractivity contribution in [3.05, 3.63) is 121 Å². The zero-order valence-corrected chi connectivity index (χ0v) is 19.7. The highest BCUT2D eigenvalue weighted by atomic mass is 32.2. The summed E-state index contributed by atoms with van der Waals surface area (Å²) in [5.41, 5.74) is 10.5. The van der Waals surface area contributed by atoms with E-state index in [2.05, 4.69) is 114 Å². The minimum Gasteiger partial charge on any atom is -0.311 e. The zero-order valence-electron chi connectivity index (χ0n) is 18.8. The Hall–Kier alpha value is -4.20. The van der Waals surface area contributed by atoms with Gasteiger partial charge >= 0.3 is 0 Å². The highest BCUT2D eigenvalue weighted by Gasteiger charge is 2.41. The lowest BCUT2D eigenvalue weighted by Gasteiger charge is -2.40. The molecule has 5 aromatic carbocycles. The standard InChI is InChI=1S/C31H19BN2S/c33-20-22-12-9-16-26-31(22)35-29-19-23(21-10-3-1-4-11-21)18-28-30(29)32(26)25-15-7-8-17-27(25)34(28)24-13-5-2-6-14-24/h1-19H. The van der Waals surface area contributed by atoms with Gasteiger partial charge in [-0.1, -0.05) is 96.1 Å². The maximum Gasteiger partial charge on any atom is 0.249 e. The second-order valence-electron chi connectivity index (χ2n) is 8.87. The summed E-state index contributed by atoms with van der Waals surface area (Å²) in [5, 5.41) is 9.92. The molecule has 0 atom stereocenters. The second kappa shape index (κ2) is 7.94. The smallest absolute Gasteiger partial charge is 0.249 e. The van der Waals surface area contributed by atoms with Gasteiger partial charge < -0.3 is 4.90 Å². The lowest BCUT2D eigenvalue weighted by Crippen LogP contribution is -2.59. The predicted molar refractivity (Wildman–Crippen MR) is 146 cm³/mol. The molecule has 0 aliphatic carbocycles. The van der Waals surface area contributed by atoms with Gasteiger partial charge in [-0.05, 0) is 58.5 Å². The number of anilines is 3. The van der Waals surface area contributed by atoms with E-state index in [0.29, 0.717) is 0 Å². The lowest BCUT2D eigenvalue weighted by atomic mass is 9.34. The van der Waals surface area contributed by atoms with Crippen LogP contribution in [0.4, 0.5) is 17.1 Å². The minimum absolute atomic E-state index is 0.0885. The largest absolute Gasteiger partial charge is 0.311 e. The third kappa shape index (κ3) is 3.06. The molecule has 0 saturated heterocycles. The minimum atomic E-state index is 0.0885. The highest BCUT2D eigenvalue weighted by molar-refractivity contribution is 8.00. The van der Waals surface area contributed by atoms with Gasteiger partial charge in [-0.15, -0.1) is 0 Å². The summed E-state index contributed by atoms with van der Waals surface area (Å²) in [7, 11) is 0. The van der Waals surface area contributed by atoms with Crippen molar-refractivity contribution in [1.82, 2.24) is 0 Å². The van der Waals surface area contributed by atoms with Gasteiger partial charge in [0.25, 0.3) is 0 Å². The van der Waals surface area contributed by atoms with E-state index < -0.39 is 0 Å². The fourth-order valence-electron chi connectivity index (χ4n) is 5.46. The summed E-state index contributed by atoms with van der Waals surface area (Å²) < 4.78 is 0. The third-order valence-corrected chi connectivity index (χ3v) is 8.17. The van der Waals surface area contributed by atoms with Crippen LogP contribution < -0.4 is 21.3 Å². The number of nitrogens with zero attached hydrogens (tertiary/aromatic N) is 2. The van der Waals surface area contributed by atoms with Gasteiger partial charge in [0.2, 0.25) is 6.71 Å². The predicted octanol–water partition coefficient (Wildman–Crippen LogP) is 5.99. The van der Waals surface area contributed by atoms with Gasteiger partial charge in [-0.25, -0.2) is 0 Å². The van der Waals surface area contributed by atoms with E-state index in [1.54, 1.807) is 11.8 Å². The molecule has 0 radical (unpaired) electrons. The molecule has 0 N–H and O–H groups in total. The van der Waals surface area contributed by atoms with Crippen LogP contribution in [0.2, 0.25) is 0 Å². The van der Waals surface area contributed by atoms with Gasteiger partial charge in [-0.3, -0.25) is 0 Å². The van der Waals surface area contributed by atoms with Crippen LogP contribution in [0.3, 0.4) is 0 Å². The van der Waals surface area contributed by atoms with E-state index in [1.807, 2.05) is 12.1 Å². The van der Waals surface area contributed by atoms with Crippen LogP contribution in [0.5, 0.6) is 0 Å². The average Bonchev–Trinajstić information content (AvgIpc) is 2.93. The topological polar surface area (TPSA) is 27.0 Å². The van der Waals surface area contributed by atoms with Gasteiger partial charge in [-0.2, -0.15) is 5.26 Å². The van der Waals surface area contributed by atoms with E-state index in [4.69, 9.17) is 0 Å². The molecule has 2 aliphatic heterocycles. The third-order valence-electron chi connectivity index (χ3n) is 6.95. The summed E-state index contributed by atoms with van der Waals surface area (Å²) in [6.07, 6.45) is 0. The van der Waals surface area contributed by atoms with E-state index >= 15 is 0 Å². The molecule has 0 saturated carbocycles. The van der Waals surface area contributed by atoms with Crippen LogP contribution in [-0.2, 0) is 0 Å². The van der Waals surface area contributed by atoms with Crippen molar-refractivity contribution in [1.29, 1.82) is 5.26 Å². The fraction of sp³-hybridized carbons (Fsp3) is 0. The summed E-state index contributed by atoms with van der Waals surface area (Å²) in [6.45, 7) is 0.0885. The van der Waals surface area contributed by atoms with E-state index in [-0.39, 0.29) is 6.71 Å². The molecule has 162 valence electrons. The first-order valence-electron chi connectivity index (χ1n) is 11.7. The first-order valence-corrected chi connectivity index (χ1v) is 12.5. The first kappa shape index (κ1) is 20.2. The molecule has 0 unspecified atom stereocenters. The van der Waals surface area contributed by atoms with Gasteiger partial charge in [0.1, 0.15) is 6.07 Å². The van der Waals surface area contributed by atoms with Crippen molar-refractivity contribution < 1.29 is 0 Å². The lowest BCUT2D eigenvalue weighted by molar-refractivity contribution is 1.27. The number of benzene rings is 5. The molecular weight excluding hydrogens is 443 g/mol. The summed E-state index contributed by atoms with van der Waals surface area (Å²) in [5.74, 6) is 0. The number of hydrogen-bond donors (Lipinski definition) is 0. The molecule has 0 amide bonds. The van der Waals surface area contributed by atoms with E-state index in [1.165, 1.54) is 43.8 Å². The molecule has 0 aromatic heterocycles. The Morgan fingerprint density at radius 2 is 1.37 bits per heavy atom. The number of hydrogen-bond acceptors (Lipinski definition) is 3. The van der Waals surface area contributed by atoms with Crippen LogP contribution in [0.1, 0.15) is 5.56 Å². The second-order valence-corrected chi connectivity index (χ2v) is 9.93.